The highest BCUT2D eigenvalue weighted by Crippen LogP contribution is 2.51. The number of fused-ring (bicyclic) bond motifs is 2. The molecule has 1 fully saturated rings. The van der Waals surface area contributed by atoms with Gasteiger partial charge in [0.25, 0.3) is 0 Å². The van der Waals surface area contributed by atoms with E-state index in [9.17, 15) is 19.8 Å². The van der Waals surface area contributed by atoms with Crippen molar-refractivity contribution in [3.05, 3.63) is 23.3 Å². The maximum absolute atomic E-state index is 12.3. The Balaban J connectivity index is 1.61. The van der Waals surface area contributed by atoms with Gasteiger partial charge in [0.05, 0.1) is 41.5 Å². The third kappa shape index (κ3) is 2.04. The maximum Gasteiger partial charge on any atom is 0.306 e. The highest BCUT2D eigenvalue weighted by Gasteiger charge is 2.59. The normalized spacial score (nSPS) is 32.6. The molecule has 0 radical (unpaired) electrons. The molecule has 8 nitrogen and oxygen atoms in total. The van der Waals surface area contributed by atoms with E-state index >= 15 is 0 Å². The van der Waals surface area contributed by atoms with E-state index in [1.807, 2.05) is 16.3 Å². The average molecular weight is 350 g/mol. The van der Waals surface area contributed by atoms with Gasteiger partial charge in [-0.15, -0.1) is 11.8 Å². The lowest BCUT2D eigenvalue weighted by Crippen LogP contribution is -2.64. The minimum atomic E-state index is -1.32. The number of nitrogens with zero attached hydrogens (tertiary/aromatic N) is 4. The van der Waals surface area contributed by atoms with Crippen LogP contribution >= 0.6 is 11.8 Å². The molecule has 0 bridgehead atoms. The summed E-state index contributed by atoms with van der Waals surface area (Å²) in [7, 11) is 0. The molecular weight excluding hydrogens is 332 g/mol. The fourth-order valence-corrected chi connectivity index (χ4v) is 5.48. The number of rotatable bonds is 4. The molecule has 0 aromatic carbocycles. The van der Waals surface area contributed by atoms with Gasteiger partial charge in [0.15, 0.2) is 0 Å². The van der Waals surface area contributed by atoms with Crippen molar-refractivity contribution in [1.29, 1.82) is 0 Å². The number of thioether (sulfide) groups is 1. The first-order chi connectivity index (χ1) is 11.4. The molecule has 3 aliphatic rings. The monoisotopic (exact) mass is 350 g/mol. The molecule has 2 unspecified atom stereocenters. The van der Waals surface area contributed by atoms with Crippen LogP contribution in [-0.4, -0.2) is 48.9 Å². The van der Waals surface area contributed by atoms with Crippen molar-refractivity contribution in [2.24, 2.45) is 11.8 Å². The van der Waals surface area contributed by atoms with Crippen LogP contribution in [0.25, 0.3) is 0 Å². The number of amides is 1. The van der Waals surface area contributed by atoms with Crippen molar-refractivity contribution in [2.75, 3.05) is 0 Å². The SMILES string of the molecule is C[C@@H](O)C1C(=O)N2C(C(=O)[O-])=C(SC3Cn4cnc[n+]4C3)[C@H](C)C12. The zero-order valence-corrected chi connectivity index (χ0v) is 14.1. The third-order valence-corrected chi connectivity index (χ3v) is 6.56. The Morgan fingerprint density at radius 1 is 1.58 bits per heavy atom. The third-order valence-electron chi connectivity index (χ3n) is 5.11. The molecule has 0 spiro atoms. The van der Waals surface area contributed by atoms with Gasteiger partial charge in [-0.3, -0.25) is 4.79 Å². The quantitative estimate of drug-likeness (QED) is 0.503. The second-order valence-electron chi connectivity index (χ2n) is 6.62. The number of β-lactam (4-membered cyclic amide) rings is 1. The van der Waals surface area contributed by atoms with Crippen LogP contribution in [0, 0.1) is 11.8 Å². The molecule has 4 atom stereocenters. The van der Waals surface area contributed by atoms with E-state index in [2.05, 4.69) is 4.98 Å². The van der Waals surface area contributed by atoms with Crippen molar-refractivity contribution >= 4 is 23.6 Å². The van der Waals surface area contributed by atoms with E-state index in [0.29, 0.717) is 4.91 Å². The first-order valence-electron chi connectivity index (χ1n) is 7.93. The fraction of sp³-hybridized carbons (Fsp3) is 0.600. The Kier molecular flexibility index (Phi) is 3.47. The summed E-state index contributed by atoms with van der Waals surface area (Å²) in [5, 5.41) is 21.7. The largest absolute Gasteiger partial charge is 0.543 e. The molecule has 1 aromatic heterocycles. The summed E-state index contributed by atoms with van der Waals surface area (Å²) in [4.78, 5) is 30.0. The van der Waals surface area contributed by atoms with Gasteiger partial charge in [-0.1, -0.05) is 6.92 Å². The number of hydrogen-bond donors (Lipinski definition) is 1. The molecular formula is C15H18N4O4S. The van der Waals surface area contributed by atoms with Crippen molar-refractivity contribution < 1.29 is 24.5 Å². The van der Waals surface area contributed by atoms with E-state index in [1.54, 1.807) is 19.6 Å². The summed E-state index contributed by atoms with van der Waals surface area (Å²) >= 11 is 1.50. The maximum atomic E-state index is 12.3. The number of aliphatic hydroxyl groups excluding tert-OH is 1. The van der Waals surface area contributed by atoms with Crippen LogP contribution in [0.5, 0.6) is 0 Å². The number of hydrogen-bond acceptors (Lipinski definition) is 6. The van der Waals surface area contributed by atoms with E-state index in [0.717, 1.165) is 13.1 Å². The zero-order valence-electron chi connectivity index (χ0n) is 13.3. The Hall–Kier alpha value is -1.87. The van der Waals surface area contributed by atoms with Gasteiger partial charge in [0.2, 0.25) is 12.2 Å². The second-order valence-corrected chi connectivity index (χ2v) is 7.96. The molecule has 1 amide bonds. The van der Waals surface area contributed by atoms with Crippen molar-refractivity contribution in [1.82, 2.24) is 14.6 Å². The van der Waals surface area contributed by atoms with Crippen molar-refractivity contribution in [2.45, 2.75) is 44.3 Å². The highest BCUT2D eigenvalue weighted by atomic mass is 32.2. The number of carboxylic acid groups (broad SMARTS) is 1. The predicted octanol–water partition coefficient (Wildman–Crippen LogP) is -1.89. The first-order valence-corrected chi connectivity index (χ1v) is 8.81. The predicted molar refractivity (Wildman–Crippen MR) is 80.8 cm³/mol. The fourth-order valence-electron chi connectivity index (χ4n) is 4.02. The minimum absolute atomic E-state index is 0.0147. The van der Waals surface area contributed by atoms with Crippen LogP contribution in [0.1, 0.15) is 13.8 Å². The van der Waals surface area contributed by atoms with Gasteiger partial charge in [-0.2, -0.15) is 9.36 Å². The summed E-state index contributed by atoms with van der Waals surface area (Å²) in [6.45, 7) is 4.96. The molecule has 4 heterocycles. The molecule has 9 heteroatoms. The molecule has 4 rings (SSSR count). The van der Waals surface area contributed by atoms with Crippen LogP contribution in [0.15, 0.2) is 23.3 Å². The summed E-state index contributed by atoms with van der Waals surface area (Å²) in [6, 6.07) is -0.289. The minimum Gasteiger partial charge on any atom is -0.543 e. The molecule has 3 aliphatic heterocycles. The van der Waals surface area contributed by atoms with Crippen molar-refractivity contribution in [3.63, 3.8) is 0 Å². The Morgan fingerprint density at radius 3 is 2.96 bits per heavy atom. The molecule has 0 saturated carbocycles. The lowest BCUT2D eigenvalue weighted by Gasteiger charge is -2.47. The summed E-state index contributed by atoms with van der Waals surface area (Å²) in [5.74, 6) is -2.31. The number of carboxylic acids is 1. The summed E-state index contributed by atoms with van der Waals surface area (Å²) in [6.07, 6.45) is 2.70. The second kappa shape index (κ2) is 5.32. The molecule has 1 aromatic rings. The molecule has 24 heavy (non-hydrogen) atoms. The van der Waals surface area contributed by atoms with Crippen LogP contribution in [0.4, 0.5) is 0 Å². The summed E-state index contributed by atoms with van der Waals surface area (Å²) in [5.41, 5.74) is -0.0147. The summed E-state index contributed by atoms with van der Waals surface area (Å²) < 4.78 is 3.96. The van der Waals surface area contributed by atoms with E-state index < -0.39 is 18.0 Å². The van der Waals surface area contributed by atoms with Crippen LogP contribution < -0.4 is 9.79 Å². The number of aliphatic carboxylic acids is 1. The lowest BCUT2D eigenvalue weighted by atomic mass is 9.79. The van der Waals surface area contributed by atoms with Gasteiger partial charge in [-0.25, -0.2) is 0 Å². The first kappa shape index (κ1) is 15.6. The van der Waals surface area contributed by atoms with Gasteiger partial charge in [0.1, 0.15) is 6.54 Å². The van der Waals surface area contributed by atoms with E-state index in [-0.39, 0.29) is 28.8 Å². The van der Waals surface area contributed by atoms with Gasteiger partial charge in [0, 0.05) is 10.8 Å². The van der Waals surface area contributed by atoms with Gasteiger partial charge >= 0.3 is 6.33 Å². The Bertz CT molecular complexity index is 738. The topological polar surface area (TPSA) is 102 Å². The highest BCUT2D eigenvalue weighted by molar-refractivity contribution is 8.03. The van der Waals surface area contributed by atoms with Crippen molar-refractivity contribution in [3.8, 4) is 0 Å². The number of aliphatic hydroxyl groups is 1. The molecule has 128 valence electrons. The lowest BCUT2D eigenvalue weighted by molar-refractivity contribution is -0.758. The van der Waals surface area contributed by atoms with Gasteiger partial charge in [-0.05, 0) is 11.9 Å². The van der Waals surface area contributed by atoms with E-state index in [4.69, 9.17) is 0 Å². The van der Waals surface area contributed by atoms with Crippen LogP contribution in [-0.2, 0) is 22.7 Å². The zero-order chi connectivity index (χ0) is 17.2. The Labute approximate surface area is 142 Å². The standard InChI is InChI=1S/C15H18N4O4S/c1-7-11-10(8(2)20)14(21)19(11)12(15(22)23)13(7)24-9-3-17-5-16-6-18(17)4-9/h5-11,20H,3-4H2,1-2H3/t7-,8-,10?,11?/m1/s1. The molecule has 0 aliphatic carbocycles. The molecule has 1 N–H and O–H groups in total. The smallest absolute Gasteiger partial charge is 0.306 e. The van der Waals surface area contributed by atoms with Crippen LogP contribution in [0.2, 0.25) is 0 Å². The number of carbonyl (C=O) groups excluding carboxylic acids is 2. The Morgan fingerprint density at radius 2 is 2.33 bits per heavy atom. The average Bonchev–Trinajstić information content (AvgIpc) is 3.12. The number of carbonyl (C=O) groups is 2. The van der Waals surface area contributed by atoms with Crippen LogP contribution in [0.3, 0.4) is 0 Å². The van der Waals surface area contributed by atoms with E-state index in [1.165, 1.54) is 16.7 Å². The van der Waals surface area contributed by atoms with Gasteiger partial charge < -0.3 is 19.9 Å². The molecule has 1 saturated heterocycles. The number of aromatic nitrogens is 3.